The molecule has 0 fully saturated rings. The standard InChI is InChI=1S/C13H22ClN3OS/c1-5-10(6-2)17(8-7-14)13(18)12-11(9(3)4)15-16-19-12/h9-10H,5-8H2,1-4H3. The molecule has 4 nitrogen and oxygen atoms in total. The monoisotopic (exact) mass is 303 g/mol. The van der Waals surface area contributed by atoms with Gasteiger partial charge >= 0.3 is 0 Å². The molecular weight excluding hydrogens is 282 g/mol. The summed E-state index contributed by atoms with van der Waals surface area (Å²) in [4.78, 5) is 15.2. The predicted molar refractivity (Wildman–Crippen MR) is 80.1 cm³/mol. The molecule has 1 heterocycles. The van der Waals surface area contributed by atoms with Crippen molar-refractivity contribution < 1.29 is 4.79 Å². The van der Waals surface area contributed by atoms with E-state index in [-0.39, 0.29) is 17.9 Å². The molecule has 0 unspecified atom stereocenters. The van der Waals surface area contributed by atoms with E-state index < -0.39 is 0 Å². The quantitative estimate of drug-likeness (QED) is 0.724. The van der Waals surface area contributed by atoms with Crippen LogP contribution >= 0.6 is 23.1 Å². The van der Waals surface area contributed by atoms with Crippen molar-refractivity contribution in [1.82, 2.24) is 14.5 Å². The lowest BCUT2D eigenvalue weighted by atomic mass is 10.1. The molecule has 0 N–H and O–H groups in total. The Hall–Kier alpha value is -0.680. The average Bonchev–Trinajstić information content (AvgIpc) is 2.87. The summed E-state index contributed by atoms with van der Waals surface area (Å²) in [5, 5.41) is 4.08. The fourth-order valence-electron chi connectivity index (χ4n) is 2.12. The molecule has 0 radical (unpaired) electrons. The number of halogens is 1. The van der Waals surface area contributed by atoms with Crippen LogP contribution in [-0.4, -0.2) is 38.9 Å². The number of aromatic nitrogens is 2. The number of carbonyl (C=O) groups is 1. The number of amides is 1. The molecule has 0 bridgehead atoms. The van der Waals surface area contributed by atoms with Gasteiger partial charge in [-0.05, 0) is 30.3 Å². The first kappa shape index (κ1) is 16.4. The summed E-state index contributed by atoms with van der Waals surface area (Å²) < 4.78 is 3.93. The average molecular weight is 304 g/mol. The van der Waals surface area contributed by atoms with E-state index in [0.29, 0.717) is 17.3 Å². The molecule has 1 rings (SSSR count). The molecule has 0 aliphatic rings. The topological polar surface area (TPSA) is 46.1 Å². The summed E-state index contributed by atoms with van der Waals surface area (Å²) in [6, 6.07) is 0.230. The Morgan fingerprint density at radius 1 is 1.37 bits per heavy atom. The number of alkyl halides is 1. The number of hydrogen-bond acceptors (Lipinski definition) is 4. The van der Waals surface area contributed by atoms with Crippen LogP contribution in [0.2, 0.25) is 0 Å². The van der Waals surface area contributed by atoms with Gasteiger partial charge in [0.25, 0.3) is 5.91 Å². The van der Waals surface area contributed by atoms with Crippen LogP contribution in [0.4, 0.5) is 0 Å². The maximum Gasteiger partial charge on any atom is 0.267 e. The van der Waals surface area contributed by atoms with E-state index in [1.165, 1.54) is 11.5 Å². The maximum atomic E-state index is 12.7. The lowest BCUT2D eigenvalue weighted by Crippen LogP contribution is -2.41. The number of rotatable bonds is 7. The van der Waals surface area contributed by atoms with E-state index in [1.807, 2.05) is 18.7 Å². The summed E-state index contributed by atoms with van der Waals surface area (Å²) in [5.74, 6) is 0.677. The third-order valence-corrected chi connectivity index (χ3v) is 4.12. The fraction of sp³-hybridized carbons (Fsp3) is 0.769. The van der Waals surface area contributed by atoms with Gasteiger partial charge in [0, 0.05) is 18.5 Å². The molecule has 0 saturated carbocycles. The minimum atomic E-state index is 0.0213. The van der Waals surface area contributed by atoms with Crippen LogP contribution in [0, 0.1) is 0 Å². The molecule has 6 heteroatoms. The zero-order valence-corrected chi connectivity index (χ0v) is 13.6. The van der Waals surface area contributed by atoms with Gasteiger partial charge in [-0.3, -0.25) is 4.79 Å². The van der Waals surface area contributed by atoms with Crippen molar-refractivity contribution in [2.24, 2.45) is 0 Å². The molecule has 1 aromatic heterocycles. The summed E-state index contributed by atoms with van der Waals surface area (Å²) >= 11 is 7.02. The van der Waals surface area contributed by atoms with E-state index in [0.717, 1.165) is 18.5 Å². The maximum absolute atomic E-state index is 12.7. The van der Waals surface area contributed by atoms with Crippen LogP contribution in [0.25, 0.3) is 0 Å². The molecule has 0 spiro atoms. The summed E-state index contributed by atoms with van der Waals surface area (Å²) in [7, 11) is 0. The first-order valence-electron chi connectivity index (χ1n) is 6.75. The van der Waals surface area contributed by atoms with Crippen molar-refractivity contribution in [2.75, 3.05) is 12.4 Å². The Bertz CT molecular complexity index is 404. The highest BCUT2D eigenvalue weighted by atomic mass is 35.5. The summed E-state index contributed by atoms with van der Waals surface area (Å²) in [6.45, 7) is 8.81. The van der Waals surface area contributed by atoms with Crippen LogP contribution < -0.4 is 0 Å². The van der Waals surface area contributed by atoms with Gasteiger partial charge in [-0.2, -0.15) is 0 Å². The van der Waals surface area contributed by atoms with Crippen molar-refractivity contribution in [2.45, 2.75) is 52.5 Å². The molecule has 0 saturated heterocycles. The third kappa shape index (κ3) is 3.89. The molecule has 0 aliphatic heterocycles. The minimum absolute atomic E-state index is 0.0213. The van der Waals surface area contributed by atoms with E-state index in [4.69, 9.17) is 11.6 Å². The Balaban J connectivity index is 3.01. The lowest BCUT2D eigenvalue weighted by molar-refractivity contribution is 0.0685. The second-order valence-electron chi connectivity index (χ2n) is 4.80. The van der Waals surface area contributed by atoms with E-state index >= 15 is 0 Å². The van der Waals surface area contributed by atoms with Crippen LogP contribution in [0.1, 0.15) is 61.8 Å². The summed E-state index contributed by atoms with van der Waals surface area (Å²) in [5.41, 5.74) is 0.792. The van der Waals surface area contributed by atoms with E-state index in [1.54, 1.807) is 0 Å². The largest absolute Gasteiger partial charge is 0.334 e. The van der Waals surface area contributed by atoms with Gasteiger partial charge in [-0.1, -0.05) is 32.2 Å². The van der Waals surface area contributed by atoms with Crippen LogP contribution in [0.5, 0.6) is 0 Å². The Morgan fingerprint density at radius 2 is 2.00 bits per heavy atom. The third-order valence-electron chi connectivity index (χ3n) is 3.22. The zero-order chi connectivity index (χ0) is 14.4. The van der Waals surface area contributed by atoms with Gasteiger partial charge in [-0.15, -0.1) is 16.7 Å². The van der Waals surface area contributed by atoms with Crippen molar-refractivity contribution in [3.63, 3.8) is 0 Å². The van der Waals surface area contributed by atoms with Crippen molar-refractivity contribution >= 4 is 29.0 Å². The van der Waals surface area contributed by atoms with Gasteiger partial charge in [0.05, 0.1) is 5.69 Å². The van der Waals surface area contributed by atoms with Crippen molar-refractivity contribution in [3.8, 4) is 0 Å². The normalized spacial score (nSPS) is 11.3. The number of carbonyl (C=O) groups excluding carboxylic acids is 1. The molecule has 108 valence electrons. The number of hydrogen-bond donors (Lipinski definition) is 0. The van der Waals surface area contributed by atoms with Gasteiger partial charge in [-0.25, -0.2) is 0 Å². The molecule has 0 aliphatic carbocycles. The second kappa shape index (κ2) is 7.80. The van der Waals surface area contributed by atoms with Gasteiger partial charge in [0.15, 0.2) is 0 Å². The van der Waals surface area contributed by atoms with Crippen molar-refractivity contribution in [1.29, 1.82) is 0 Å². The summed E-state index contributed by atoms with van der Waals surface area (Å²) in [6.07, 6.45) is 1.87. The zero-order valence-electron chi connectivity index (χ0n) is 12.0. The minimum Gasteiger partial charge on any atom is -0.334 e. The second-order valence-corrected chi connectivity index (χ2v) is 5.93. The van der Waals surface area contributed by atoms with Crippen LogP contribution in [0.3, 0.4) is 0 Å². The molecule has 19 heavy (non-hydrogen) atoms. The van der Waals surface area contributed by atoms with E-state index in [2.05, 4.69) is 23.4 Å². The SMILES string of the molecule is CCC(CC)N(CCCl)C(=O)c1snnc1C(C)C. The molecule has 1 amide bonds. The number of nitrogens with zero attached hydrogens (tertiary/aromatic N) is 3. The first-order valence-corrected chi connectivity index (χ1v) is 8.06. The van der Waals surface area contributed by atoms with Gasteiger partial charge in [0.2, 0.25) is 0 Å². The predicted octanol–water partition coefficient (Wildman–Crippen LogP) is 3.53. The fourth-order valence-corrected chi connectivity index (χ4v) is 3.08. The molecule has 1 aromatic rings. The van der Waals surface area contributed by atoms with Gasteiger partial charge < -0.3 is 4.90 Å². The Kier molecular flexibility index (Phi) is 6.72. The lowest BCUT2D eigenvalue weighted by Gasteiger charge is -2.29. The smallest absolute Gasteiger partial charge is 0.267 e. The van der Waals surface area contributed by atoms with Gasteiger partial charge in [0.1, 0.15) is 4.88 Å². The molecular formula is C13H22ClN3OS. The highest BCUT2D eigenvalue weighted by molar-refractivity contribution is 7.08. The highest BCUT2D eigenvalue weighted by Gasteiger charge is 2.27. The van der Waals surface area contributed by atoms with E-state index in [9.17, 15) is 4.79 Å². The highest BCUT2D eigenvalue weighted by Crippen LogP contribution is 2.23. The molecule has 0 aromatic carbocycles. The molecule has 0 atom stereocenters. The van der Waals surface area contributed by atoms with Crippen molar-refractivity contribution in [3.05, 3.63) is 10.6 Å². The first-order chi connectivity index (χ1) is 9.06. The van der Waals surface area contributed by atoms with Crippen LogP contribution in [0.15, 0.2) is 0 Å². The Morgan fingerprint density at radius 3 is 2.47 bits per heavy atom. The Labute approximate surface area is 124 Å². The van der Waals surface area contributed by atoms with Crippen LogP contribution in [-0.2, 0) is 0 Å².